The fraction of sp³-hybridized carbons (Fsp3) is 0.286. The number of hydrogen-bond acceptors (Lipinski definition) is 2. The minimum atomic E-state index is -0.129. The zero-order valence-electron chi connectivity index (χ0n) is 10.8. The highest BCUT2D eigenvalue weighted by Gasteiger charge is 2.11. The van der Waals surface area contributed by atoms with Gasteiger partial charge in [0, 0.05) is 10.0 Å². The van der Waals surface area contributed by atoms with Crippen LogP contribution in [-0.2, 0) is 6.42 Å². The molecular weight excluding hydrogens is 372 g/mol. The van der Waals surface area contributed by atoms with Crippen LogP contribution in [0.25, 0.3) is 11.4 Å². The molecule has 5 heteroatoms. The first-order valence-corrected chi connectivity index (χ1v) is 7.66. The molecule has 0 aliphatic rings. The summed E-state index contributed by atoms with van der Waals surface area (Å²) < 4.78 is 1.55. The van der Waals surface area contributed by atoms with E-state index in [1.54, 1.807) is 0 Å². The van der Waals surface area contributed by atoms with E-state index in [0.29, 0.717) is 10.3 Å². The molecule has 2 rings (SSSR count). The predicted octanol–water partition coefficient (Wildman–Crippen LogP) is 4.22. The van der Waals surface area contributed by atoms with E-state index in [0.717, 1.165) is 34.1 Å². The molecule has 0 spiro atoms. The maximum Gasteiger partial charge on any atom is 0.265 e. The number of aryl methyl sites for hydroxylation is 2. The Labute approximate surface area is 128 Å². The number of hydrogen-bond donors (Lipinski definition) is 1. The van der Waals surface area contributed by atoms with E-state index in [9.17, 15) is 4.79 Å². The van der Waals surface area contributed by atoms with Crippen molar-refractivity contribution in [2.24, 2.45) is 0 Å². The van der Waals surface area contributed by atoms with E-state index in [1.165, 1.54) is 0 Å². The molecule has 0 atom stereocenters. The molecule has 1 aromatic carbocycles. The Kier molecular flexibility index (Phi) is 4.58. The van der Waals surface area contributed by atoms with Crippen molar-refractivity contribution in [3.8, 4) is 11.4 Å². The molecule has 0 aliphatic carbocycles. The Balaban J connectivity index is 2.59. The van der Waals surface area contributed by atoms with Crippen molar-refractivity contribution in [1.29, 1.82) is 0 Å². The van der Waals surface area contributed by atoms with E-state index in [2.05, 4.69) is 48.8 Å². The summed E-state index contributed by atoms with van der Waals surface area (Å²) in [6.07, 6.45) is 1.74. The largest absolute Gasteiger partial charge is 0.306 e. The highest BCUT2D eigenvalue weighted by atomic mass is 79.9. The summed E-state index contributed by atoms with van der Waals surface area (Å²) >= 11 is 6.74. The third-order valence-corrected chi connectivity index (χ3v) is 4.17. The van der Waals surface area contributed by atoms with Gasteiger partial charge < -0.3 is 4.98 Å². The molecule has 2 aromatic rings. The molecule has 0 saturated heterocycles. The van der Waals surface area contributed by atoms with Crippen LogP contribution in [-0.4, -0.2) is 9.97 Å². The topological polar surface area (TPSA) is 45.8 Å². The lowest BCUT2D eigenvalue weighted by atomic mass is 10.1. The number of rotatable bonds is 3. The van der Waals surface area contributed by atoms with Crippen LogP contribution in [0.4, 0.5) is 0 Å². The molecular formula is C14H14Br2N2O. The number of benzene rings is 1. The van der Waals surface area contributed by atoms with Crippen LogP contribution in [0.15, 0.2) is 31.9 Å². The summed E-state index contributed by atoms with van der Waals surface area (Å²) in [5.74, 6) is 0.627. The number of nitrogens with one attached hydrogen (secondary N) is 1. The van der Waals surface area contributed by atoms with Crippen LogP contribution >= 0.6 is 31.9 Å². The van der Waals surface area contributed by atoms with Gasteiger partial charge in [0.2, 0.25) is 0 Å². The van der Waals surface area contributed by atoms with Gasteiger partial charge in [-0.1, -0.05) is 29.3 Å². The second-order valence-electron chi connectivity index (χ2n) is 4.38. The van der Waals surface area contributed by atoms with E-state index in [-0.39, 0.29) is 5.56 Å². The van der Waals surface area contributed by atoms with Gasteiger partial charge in [0.05, 0.1) is 5.69 Å². The van der Waals surface area contributed by atoms with Gasteiger partial charge in [0.15, 0.2) is 0 Å². The van der Waals surface area contributed by atoms with Crippen LogP contribution in [0.5, 0.6) is 0 Å². The van der Waals surface area contributed by atoms with E-state index >= 15 is 0 Å². The van der Waals surface area contributed by atoms with Crippen LogP contribution in [0, 0.1) is 6.92 Å². The number of halogens is 2. The lowest BCUT2D eigenvalue weighted by molar-refractivity contribution is 0.861. The second kappa shape index (κ2) is 6.01. The lowest BCUT2D eigenvalue weighted by Crippen LogP contribution is -2.14. The van der Waals surface area contributed by atoms with Crippen LogP contribution in [0.3, 0.4) is 0 Å². The first-order chi connectivity index (χ1) is 9.02. The van der Waals surface area contributed by atoms with Crippen molar-refractivity contribution in [3.63, 3.8) is 0 Å². The van der Waals surface area contributed by atoms with Crippen molar-refractivity contribution >= 4 is 31.9 Å². The quantitative estimate of drug-likeness (QED) is 0.859. The second-order valence-corrected chi connectivity index (χ2v) is 6.09. The summed E-state index contributed by atoms with van der Waals surface area (Å²) in [5, 5.41) is 0. The highest BCUT2D eigenvalue weighted by molar-refractivity contribution is 9.10. The SMILES string of the molecule is CCCc1nc(-c2ccc(Br)cc2C)[nH]c(=O)c1Br. The summed E-state index contributed by atoms with van der Waals surface area (Å²) in [7, 11) is 0. The Bertz CT molecular complexity index is 665. The van der Waals surface area contributed by atoms with E-state index in [1.807, 2.05) is 25.1 Å². The fourth-order valence-electron chi connectivity index (χ4n) is 1.93. The number of aromatic amines is 1. The Morgan fingerprint density at radius 3 is 2.68 bits per heavy atom. The Morgan fingerprint density at radius 1 is 1.32 bits per heavy atom. The average molecular weight is 386 g/mol. The van der Waals surface area contributed by atoms with Gasteiger partial charge in [0.1, 0.15) is 10.3 Å². The molecule has 0 bridgehead atoms. The number of nitrogens with zero attached hydrogens (tertiary/aromatic N) is 1. The molecule has 1 aromatic heterocycles. The molecule has 100 valence electrons. The maximum atomic E-state index is 11.9. The smallest absolute Gasteiger partial charge is 0.265 e. The van der Waals surface area contributed by atoms with Gasteiger partial charge in [-0.2, -0.15) is 0 Å². The Hall–Kier alpha value is -0.940. The Morgan fingerprint density at radius 2 is 2.05 bits per heavy atom. The molecule has 1 heterocycles. The third kappa shape index (κ3) is 3.15. The average Bonchev–Trinajstić information content (AvgIpc) is 2.35. The normalized spacial score (nSPS) is 10.7. The molecule has 3 nitrogen and oxygen atoms in total. The van der Waals surface area contributed by atoms with Gasteiger partial charge in [-0.15, -0.1) is 0 Å². The predicted molar refractivity (Wildman–Crippen MR) is 84.4 cm³/mol. The zero-order chi connectivity index (χ0) is 14.0. The molecule has 0 fully saturated rings. The van der Waals surface area contributed by atoms with E-state index < -0.39 is 0 Å². The zero-order valence-corrected chi connectivity index (χ0v) is 13.9. The summed E-state index contributed by atoms with van der Waals surface area (Å²) in [6.45, 7) is 4.07. The molecule has 1 N–H and O–H groups in total. The van der Waals surface area contributed by atoms with Crippen molar-refractivity contribution < 1.29 is 0 Å². The summed E-state index contributed by atoms with van der Waals surface area (Å²) in [6, 6.07) is 5.92. The van der Waals surface area contributed by atoms with E-state index in [4.69, 9.17) is 0 Å². The van der Waals surface area contributed by atoms with Gasteiger partial charge in [0.25, 0.3) is 5.56 Å². The third-order valence-electron chi connectivity index (χ3n) is 2.86. The van der Waals surface area contributed by atoms with Crippen molar-refractivity contribution in [2.75, 3.05) is 0 Å². The monoisotopic (exact) mass is 384 g/mol. The first-order valence-electron chi connectivity index (χ1n) is 6.08. The van der Waals surface area contributed by atoms with Crippen LogP contribution < -0.4 is 5.56 Å². The minimum absolute atomic E-state index is 0.129. The molecule has 0 aliphatic heterocycles. The van der Waals surface area contributed by atoms with Gasteiger partial charge in [-0.05, 0) is 53.0 Å². The number of H-pyrrole nitrogens is 1. The van der Waals surface area contributed by atoms with Crippen molar-refractivity contribution in [1.82, 2.24) is 9.97 Å². The molecule has 19 heavy (non-hydrogen) atoms. The minimum Gasteiger partial charge on any atom is -0.306 e. The van der Waals surface area contributed by atoms with Crippen LogP contribution in [0.2, 0.25) is 0 Å². The maximum absolute atomic E-state index is 11.9. The molecule has 0 amide bonds. The van der Waals surface area contributed by atoms with Crippen LogP contribution in [0.1, 0.15) is 24.6 Å². The first kappa shape index (κ1) is 14.5. The van der Waals surface area contributed by atoms with Gasteiger partial charge in [-0.25, -0.2) is 4.98 Å². The lowest BCUT2D eigenvalue weighted by Gasteiger charge is -2.08. The standard InChI is InChI=1S/C14H14Br2N2O/c1-3-4-11-12(16)14(19)18-13(17-11)10-6-5-9(15)7-8(10)2/h5-7H,3-4H2,1-2H3,(H,17,18,19). The van der Waals surface area contributed by atoms with Crippen molar-refractivity contribution in [2.45, 2.75) is 26.7 Å². The summed E-state index contributed by atoms with van der Waals surface area (Å²) in [4.78, 5) is 19.3. The number of aromatic nitrogens is 2. The molecule has 0 radical (unpaired) electrons. The molecule has 0 saturated carbocycles. The van der Waals surface area contributed by atoms with Gasteiger partial charge >= 0.3 is 0 Å². The highest BCUT2D eigenvalue weighted by Crippen LogP contribution is 2.24. The van der Waals surface area contributed by atoms with Gasteiger partial charge in [-0.3, -0.25) is 4.79 Å². The fourth-order valence-corrected chi connectivity index (χ4v) is 2.79. The summed E-state index contributed by atoms with van der Waals surface area (Å²) in [5.41, 5.74) is 2.70. The molecule has 0 unspecified atom stereocenters. The van der Waals surface area contributed by atoms with Crippen molar-refractivity contribution in [3.05, 3.63) is 48.8 Å².